The van der Waals surface area contributed by atoms with E-state index in [0.29, 0.717) is 17.2 Å². The summed E-state index contributed by atoms with van der Waals surface area (Å²) in [5.41, 5.74) is 1.62. The smallest absolute Gasteiger partial charge is 0.136 e. The summed E-state index contributed by atoms with van der Waals surface area (Å²) in [6, 6.07) is 7.59. The minimum absolute atomic E-state index is 0.560. The Bertz CT molecular complexity index is 330. The summed E-state index contributed by atoms with van der Waals surface area (Å²) in [6.07, 6.45) is 0.778. The third-order valence-corrected chi connectivity index (χ3v) is 1.96. The molecule has 1 aromatic rings. The van der Waals surface area contributed by atoms with Crippen LogP contribution in [0.5, 0.6) is 5.75 Å². The predicted octanol–water partition coefficient (Wildman–Crippen LogP) is 2.35. The molecule has 0 unspecified atom stereocenters. The molecule has 0 saturated heterocycles. The van der Waals surface area contributed by atoms with Crippen LogP contribution in [-0.2, 0) is 6.42 Å². The number of methoxy groups -OCH3 is 1. The molecule has 0 aliphatic carbocycles. The number of benzene rings is 1. The zero-order valence-electron chi connectivity index (χ0n) is 7.38. The van der Waals surface area contributed by atoms with E-state index in [4.69, 9.17) is 21.6 Å². The zero-order chi connectivity index (χ0) is 9.68. The maximum Gasteiger partial charge on any atom is 0.136 e. The van der Waals surface area contributed by atoms with Crippen molar-refractivity contribution in [3.63, 3.8) is 0 Å². The van der Waals surface area contributed by atoms with Crippen LogP contribution in [0.4, 0.5) is 0 Å². The van der Waals surface area contributed by atoms with E-state index < -0.39 is 0 Å². The van der Waals surface area contributed by atoms with Gasteiger partial charge in [0.25, 0.3) is 0 Å². The highest BCUT2D eigenvalue weighted by Crippen LogP contribution is 2.18. The summed E-state index contributed by atoms with van der Waals surface area (Å²) < 4.78 is 5.01. The normalized spacial score (nSPS) is 9.31. The van der Waals surface area contributed by atoms with Gasteiger partial charge < -0.3 is 4.74 Å². The Kier molecular flexibility index (Phi) is 3.60. The van der Waals surface area contributed by atoms with Crippen molar-refractivity contribution in [2.75, 3.05) is 13.0 Å². The van der Waals surface area contributed by atoms with Gasteiger partial charge in [-0.05, 0) is 24.1 Å². The molecule has 0 aliphatic heterocycles. The number of nitriles is 1. The lowest BCUT2D eigenvalue weighted by atomic mass is 10.1. The van der Waals surface area contributed by atoms with Crippen molar-refractivity contribution in [1.82, 2.24) is 0 Å². The Morgan fingerprint density at radius 3 is 2.85 bits per heavy atom. The molecule has 0 bridgehead atoms. The van der Waals surface area contributed by atoms with E-state index in [1.165, 1.54) is 0 Å². The van der Waals surface area contributed by atoms with Crippen LogP contribution in [0.15, 0.2) is 18.2 Å². The molecule has 0 aromatic heterocycles. The number of rotatable bonds is 3. The third kappa shape index (κ3) is 2.37. The first kappa shape index (κ1) is 9.88. The fraction of sp³-hybridized carbons (Fsp3) is 0.300. The predicted molar refractivity (Wildman–Crippen MR) is 52.1 cm³/mol. The summed E-state index contributed by atoms with van der Waals surface area (Å²) in [5, 5.41) is 8.78. The molecule has 1 aromatic carbocycles. The van der Waals surface area contributed by atoms with Crippen molar-refractivity contribution < 1.29 is 4.74 Å². The molecule has 3 heteroatoms. The first-order chi connectivity index (χ1) is 6.31. The molecule has 0 radical (unpaired) electrons. The van der Waals surface area contributed by atoms with E-state index >= 15 is 0 Å². The molecule has 0 atom stereocenters. The van der Waals surface area contributed by atoms with Crippen LogP contribution in [-0.4, -0.2) is 13.0 Å². The van der Waals surface area contributed by atoms with Crippen molar-refractivity contribution in [3.8, 4) is 11.8 Å². The minimum Gasteiger partial charge on any atom is -0.495 e. The van der Waals surface area contributed by atoms with Gasteiger partial charge in [-0.1, -0.05) is 6.07 Å². The van der Waals surface area contributed by atoms with Gasteiger partial charge in [0, 0.05) is 5.88 Å². The van der Waals surface area contributed by atoms with Crippen LogP contribution in [0.2, 0.25) is 0 Å². The van der Waals surface area contributed by atoms with E-state index in [1.807, 2.05) is 6.07 Å². The standard InChI is InChI=1S/C10H10ClNO/c1-13-10-3-2-8(4-5-11)6-9(10)7-12/h2-3,6H,4-5H2,1H3. The molecule has 0 fully saturated rings. The van der Waals surface area contributed by atoms with Crippen LogP contribution in [0.1, 0.15) is 11.1 Å². The number of hydrogen-bond donors (Lipinski definition) is 0. The van der Waals surface area contributed by atoms with Crippen LogP contribution in [0.3, 0.4) is 0 Å². The maximum atomic E-state index is 8.78. The molecule has 0 aliphatic rings. The van der Waals surface area contributed by atoms with Crippen molar-refractivity contribution in [1.29, 1.82) is 5.26 Å². The average Bonchev–Trinajstić information content (AvgIpc) is 2.18. The Morgan fingerprint density at radius 1 is 1.54 bits per heavy atom. The van der Waals surface area contributed by atoms with Gasteiger partial charge in [-0.3, -0.25) is 0 Å². The molecule has 0 heterocycles. The Morgan fingerprint density at radius 2 is 2.31 bits per heavy atom. The maximum absolute atomic E-state index is 8.78. The van der Waals surface area contributed by atoms with Crippen LogP contribution >= 0.6 is 11.6 Å². The molecule has 0 saturated carbocycles. The van der Waals surface area contributed by atoms with Crippen molar-refractivity contribution in [2.45, 2.75) is 6.42 Å². The quantitative estimate of drug-likeness (QED) is 0.694. The highest BCUT2D eigenvalue weighted by Gasteiger charge is 2.02. The van der Waals surface area contributed by atoms with E-state index in [-0.39, 0.29) is 0 Å². The summed E-state index contributed by atoms with van der Waals surface area (Å²) >= 11 is 5.59. The minimum atomic E-state index is 0.560. The first-order valence-electron chi connectivity index (χ1n) is 3.94. The number of ether oxygens (including phenoxy) is 1. The molecule has 68 valence electrons. The number of alkyl halides is 1. The van der Waals surface area contributed by atoms with Gasteiger partial charge in [0.05, 0.1) is 12.7 Å². The highest BCUT2D eigenvalue weighted by atomic mass is 35.5. The number of aryl methyl sites for hydroxylation is 1. The third-order valence-electron chi connectivity index (χ3n) is 1.77. The Labute approximate surface area is 82.7 Å². The van der Waals surface area contributed by atoms with Gasteiger partial charge >= 0.3 is 0 Å². The van der Waals surface area contributed by atoms with Gasteiger partial charge in [-0.15, -0.1) is 11.6 Å². The fourth-order valence-corrected chi connectivity index (χ4v) is 1.33. The summed E-state index contributed by atoms with van der Waals surface area (Å²) in [5.74, 6) is 1.18. The van der Waals surface area contributed by atoms with Crippen molar-refractivity contribution in [3.05, 3.63) is 29.3 Å². The van der Waals surface area contributed by atoms with E-state index in [2.05, 4.69) is 6.07 Å². The lowest BCUT2D eigenvalue weighted by Crippen LogP contribution is -1.91. The van der Waals surface area contributed by atoms with Gasteiger partial charge in [-0.2, -0.15) is 5.26 Å². The van der Waals surface area contributed by atoms with Gasteiger partial charge in [0.1, 0.15) is 11.8 Å². The van der Waals surface area contributed by atoms with E-state index in [1.54, 1.807) is 19.2 Å². The largest absolute Gasteiger partial charge is 0.495 e. The van der Waals surface area contributed by atoms with Gasteiger partial charge in [0.2, 0.25) is 0 Å². The molecular formula is C10H10ClNO. The van der Waals surface area contributed by atoms with Crippen LogP contribution in [0, 0.1) is 11.3 Å². The van der Waals surface area contributed by atoms with Crippen molar-refractivity contribution in [2.24, 2.45) is 0 Å². The molecular weight excluding hydrogens is 186 g/mol. The average molecular weight is 196 g/mol. The lowest BCUT2D eigenvalue weighted by Gasteiger charge is -2.03. The van der Waals surface area contributed by atoms with Crippen LogP contribution in [0.25, 0.3) is 0 Å². The highest BCUT2D eigenvalue weighted by molar-refractivity contribution is 6.17. The number of hydrogen-bond acceptors (Lipinski definition) is 2. The van der Waals surface area contributed by atoms with Crippen LogP contribution < -0.4 is 4.74 Å². The zero-order valence-corrected chi connectivity index (χ0v) is 8.14. The fourth-order valence-electron chi connectivity index (χ4n) is 1.11. The summed E-state index contributed by atoms with van der Waals surface area (Å²) in [6.45, 7) is 0. The van der Waals surface area contributed by atoms with E-state index in [0.717, 1.165) is 12.0 Å². The number of halogens is 1. The van der Waals surface area contributed by atoms with Gasteiger partial charge in [-0.25, -0.2) is 0 Å². The second kappa shape index (κ2) is 4.74. The van der Waals surface area contributed by atoms with Gasteiger partial charge in [0.15, 0.2) is 0 Å². The van der Waals surface area contributed by atoms with Crippen molar-refractivity contribution >= 4 is 11.6 Å². The molecule has 2 nitrogen and oxygen atoms in total. The summed E-state index contributed by atoms with van der Waals surface area (Å²) in [7, 11) is 1.55. The SMILES string of the molecule is COc1ccc(CCCl)cc1C#N. The Hall–Kier alpha value is -1.20. The molecule has 1 rings (SSSR count). The number of nitrogens with zero attached hydrogens (tertiary/aromatic N) is 1. The topological polar surface area (TPSA) is 33.0 Å². The molecule has 0 amide bonds. The molecule has 0 spiro atoms. The summed E-state index contributed by atoms with van der Waals surface area (Å²) in [4.78, 5) is 0. The lowest BCUT2D eigenvalue weighted by molar-refractivity contribution is 0.413. The molecule has 0 N–H and O–H groups in total. The second-order valence-electron chi connectivity index (χ2n) is 2.59. The first-order valence-corrected chi connectivity index (χ1v) is 4.48. The monoisotopic (exact) mass is 195 g/mol. The Balaban J connectivity index is 3.00. The van der Waals surface area contributed by atoms with E-state index in [9.17, 15) is 0 Å². The molecule has 13 heavy (non-hydrogen) atoms. The second-order valence-corrected chi connectivity index (χ2v) is 2.96.